The molecule has 2 aromatic rings. The van der Waals surface area contributed by atoms with Crippen molar-refractivity contribution in [2.24, 2.45) is 0 Å². The minimum absolute atomic E-state index is 0.0660. The molecule has 0 radical (unpaired) electrons. The first-order valence-electron chi connectivity index (χ1n) is 8.24. The molecule has 0 fully saturated rings. The van der Waals surface area contributed by atoms with Gasteiger partial charge in [0.2, 0.25) is 5.91 Å². The summed E-state index contributed by atoms with van der Waals surface area (Å²) in [7, 11) is 1.62. The van der Waals surface area contributed by atoms with E-state index in [4.69, 9.17) is 9.84 Å². The van der Waals surface area contributed by atoms with Crippen molar-refractivity contribution in [3.05, 3.63) is 75.3 Å². The van der Waals surface area contributed by atoms with Crippen molar-refractivity contribution in [3.63, 3.8) is 0 Å². The molecule has 1 amide bonds. The van der Waals surface area contributed by atoms with Gasteiger partial charge in [-0.3, -0.25) is 14.9 Å². The van der Waals surface area contributed by atoms with Crippen molar-refractivity contribution in [2.75, 3.05) is 20.2 Å². The Balaban J connectivity index is 1.86. The number of nitro groups is 1. The first-order valence-corrected chi connectivity index (χ1v) is 8.24. The lowest BCUT2D eigenvalue weighted by Gasteiger charge is -2.17. The van der Waals surface area contributed by atoms with Crippen LogP contribution >= 0.6 is 0 Å². The average Bonchev–Trinajstić information content (AvgIpc) is 2.66. The Morgan fingerprint density at radius 2 is 1.85 bits per heavy atom. The molecule has 0 heterocycles. The van der Waals surface area contributed by atoms with Crippen molar-refractivity contribution in [1.82, 2.24) is 4.90 Å². The summed E-state index contributed by atoms with van der Waals surface area (Å²) in [5, 5.41) is 20.0. The third-order valence-electron chi connectivity index (χ3n) is 3.99. The maximum absolute atomic E-state index is 12.1. The first kappa shape index (κ1) is 20.1. The van der Waals surface area contributed by atoms with Gasteiger partial charge in [0.1, 0.15) is 12.2 Å². The lowest BCUT2D eigenvalue weighted by atomic mass is 10.1. The number of amides is 1. The minimum atomic E-state index is -1.35. The summed E-state index contributed by atoms with van der Waals surface area (Å²) in [6.45, 7) is 0.601. The van der Waals surface area contributed by atoms with E-state index in [9.17, 15) is 19.7 Å². The van der Waals surface area contributed by atoms with Gasteiger partial charge in [-0.25, -0.2) is 4.79 Å². The quantitative estimate of drug-likeness (QED) is 0.535. The summed E-state index contributed by atoms with van der Waals surface area (Å²) < 4.78 is 5.40. The molecule has 0 aromatic heterocycles. The number of carbonyl (C=O) groups is 2. The number of carboxylic acids is 1. The topological polar surface area (TPSA) is 110 Å². The molecule has 8 nitrogen and oxygen atoms in total. The van der Waals surface area contributed by atoms with Crippen LogP contribution in [0.4, 0.5) is 5.69 Å². The van der Waals surface area contributed by atoms with E-state index in [1.54, 1.807) is 7.05 Å². The third-order valence-corrected chi connectivity index (χ3v) is 3.99. The van der Waals surface area contributed by atoms with Gasteiger partial charge in [0.25, 0.3) is 5.69 Å². The summed E-state index contributed by atoms with van der Waals surface area (Å²) in [5.41, 5.74) is 0.734. The maximum Gasteiger partial charge on any atom is 0.342 e. The number of nitro benzene ring substituents is 1. The second kappa shape index (κ2) is 9.44. The van der Waals surface area contributed by atoms with Crippen molar-refractivity contribution < 1.29 is 24.4 Å². The number of nitrogens with zero attached hydrogens (tertiary/aromatic N) is 2. The van der Waals surface area contributed by atoms with Crippen LogP contribution in [0.15, 0.2) is 48.5 Å². The fourth-order valence-corrected chi connectivity index (χ4v) is 2.43. The van der Waals surface area contributed by atoms with Gasteiger partial charge in [0.05, 0.1) is 11.5 Å². The highest BCUT2D eigenvalue weighted by Crippen LogP contribution is 2.20. The number of hydrogen-bond acceptors (Lipinski definition) is 5. The predicted molar refractivity (Wildman–Crippen MR) is 97.5 cm³/mol. The Kier molecular flexibility index (Phi) is 7.01. The van der Waals surface area contributed by atoms with Crippen LogP contribution in [-0.2, 0) is 22.6 Å². The zero-order valence-corrected chi connectivity index (χ0v) is 14.8. The van der Waals surface area contributed by atoms with E-state index in [0.29, 0.717) is 25.1 Å². The van der Waals surface area contributed by atoms with Crippen molar-refractivity contribution >= 4 is 17.6 Å². The van der Waals surface area contributed by atoms with E-state index in [-0.39, 0.29) is 18.1 Å². The molecular formula is C19H20N2O6. The number of benzene rings is 2. The van der Waals surface area contributed by atoms with E-state index in [0.717, 1.165) is 5.56 Å². The second-order valence-electron chi connectivity index (χ2n) is 5.96. The zero-order valence-electron chi connectivity index (χ0n) is 14.8. The van der Waals surface area contributed by atoms with E-state index in [2.05, 4.69) is 0 Å². The number of aromatic carboxylic acids is 1. The number of carboxylic acid groups (broad SMARTS) is 1. The Morgan fingerprint density at radius 3 is 2.48 bits per heavy atom. The molecule has 0 aliphatic heterocycles. The fraction of sp³-hybridized carbons (Fsp3) is 0.263. The fourth-order valence-electron chi connectivity index (χ4n) is 2.43. The van der Waals surface area contributed by atoms with Crippen LogP contribution in [0.25, 0.3) is 0 Å². The van der Waals surface area contributed by atoms with Gasteiger partial charge in [-0.2, -0.15) is 0 Å². The highest BCUT2D eigenvalue weighted by molar-refractivity contribution is 5.92. The number of likely N-dealkylation sites (N-methyl/N-ethyl adjacent to an activating group) is 1. The molecule has 0 unspecified atom stereocenters. The summed E-state index contributed by atoms with van der Waals surface area (Å²) >= 11 is 0. The van der Waals surface area contributed by atoms with Crippen LogP contribution in [-0.4, -0.2) is 47.0 Å². The predicted octanol–water partition coefficient (Wildman–Crippen LogP) is 2.51. The van der Waals surface area contributed by atoms with Crippen LogP contribution in [0.3, 0.4) is 0 Å². The second-order valence-corrected chi connectivity index (χ2v) is 5.96. The minimum Gasteiger partial charge on any atom is -0.477 e. The highest BCUT2D eigenvalue weighted by Gasteiger charge is 2.20. The molecule has 2 rings (SSSR count). The third kappa shape index (κ3) is 5.89. The molecule has 0 saturated carbocycles. The SMILES string of the molecule is CN(CCc1ccc(C(=O)O)c([N+](=O)[O-])c1)C(=O)COCc1ccccc1. The van der Waals surface area contributed by atoms with Gasteiger partial charge in [-0.15, -0.1) is 0 Å². The number of ether oxygens (including phenoxy) is 1. The summed E-state index contributed by atoms with van der Waals surface area (Å²) in [5.74, 6) is -1.56. The monoisotopic (exact) mass is 372 g/mol. The lowest BCUT2D eigenvalue weighted by Crippen LogP contribution is -2.32. The molecule has 0 spiro atoms. The summed E-state index contributed by atoms with van der Waals surface area (Å²) in [4.78, 5) is 34.9. The number of hydrogen-bond donors (Lipinski definition) is 1. The number of rotatable bonds is 9. The van der Waals surface area contributed by atoms with Crippen LogP contribution in [0, 0.1) is 10.1 Å². The molecule has 27 heavy (non-hydrogen) atoms. The first-order chi connectivity index (χ1) is 12.9. The summed E-state index contributed by atoms with van der Waals surface area (Å²) in [6.07, 6.45) is 0.363. The molecule has 142 valence electrons. The summed E-state index contributed by atoms with van der Waals surface area (Å²) in [6, 6.07) is 13.4. The standard InChI is InChI=1S/C19H20N2O6/c1-20(18(22)13-27-12-15-5-3-2-4-6-15)10-9-14-7-8-16(19(23)24)17(11-14)21(25)26/h2-8,11H,9-10,12-13H2,1H3,(H,23,24). The molecular weight excluding hydrogens is 352 g/mol. The molecule has 0 bridgehead atoms. The highest BCUT2D eigenvalue weighted by atomic mass is 16.6. The van der Waals surface area contributed by atoms with E-state index < -0.39 is 16.6 Å². The molecule has 0 atom stereocenters. The van der Waals surface area contributed by atoms with Crippen LogP contribution in [0.5, 0.6) is 0 Å². The van der Waals surface area contributed by atoms with Gasteiger partial charge >= 0.3 is 5.97 Å². The maximum atomic E-state index is 12.1. The Labute approximate surface area is 156 Å². The van der Waals surface area contributed by atoms with Crippen molar-refractivity contribution in [1.29, 1.82) is 0 Å². The van der Waals surface area contributed by atoms with E-state index >= 15 is 0 Å². The lowest BCUT2D eigenvalue weighted by molar-refractivity contribution is -0.385. The van der Waals surface area contributed by atoms with E-state index in [1.807, 2.05) is 30.3 Å². The van der Waals surface area contributed by atoms with Crippen LogP contribution in [0.1, 0.15) is 21.5 Å². The Hall–Kier alpha value is -3.26. The van der Waals surface area contributed by atoms with Gasteiger partial charge in [0, 0.05) is 19.7 Å². The zero-order chi connectivity index (χ0) is 19.8. The van der Waals surface area contributed by atoms with Crippen molar-refractivity contribution in [2.45, 2.75) is 13.0 Å². The van der Waals surface area contributed by atoms with E-state index in [1.165, 1.54) is 23.1 Å². The normalized spacial score (nSPS) is 10.4. The largest absolute Gasteiger partial charge is 0.477 e. The van der Waals surface area contributed by atoms with Gasteiger partial charge < -0.3 is 14.7 Å². The molecule has 8 heteroatoms. The van der Waals surface area contributed by atoms with Crippen LogP contribution < -0.4 is 0 Å². The molecule has 0 aliphatic rings. The Morgan fingerprint density at radius 1 is 1.15 bits per heavy atom. The smallest absolute Gasteiger partial charge is 0.342 e. The van der Waals surface area contributed by atoms with Crippen LogP contribution in [0.2, 0.25) is 0 Å². The molecule has 0 saturated heterocycles. The molecule has 1 N–H and O–H groups in total. The van der Waals surface area contributed by atoms with Gasteiger partial charge in [-0.05, 0) is 23.6 Å². The van der Waals surface area contributed by atoms with Gasteiger partial charge in [-0.1, -0.05) is 36.4 Å². The molecule has 0 aliphatic carbocycles. The average molecular weight is 372 g/mol. The van der Waals surface area contributed by atoms with Gasteiger partial charge in [0.15, 0.2) is 0 Å². The Bertz CT molecular complexity index is 822. The molecule has 2 aromatic carbocycles. The number of carbonyl (C=O) groups excluding carboxylic acids is 1. The van der Waals surface area contributed by atoms with Crippen molar-refractivity contribution in [3.8, 4) is 0 Å².